The minimum absolute atomic E-state index is 1.20. The maximum absolute atomic E-state index is 2.45. The lowest BCUT2D eigenvalue weighted by Gasteiger charge is -2.10. The lowest BCUT2D eigenvalue weighted by atomic mass is 9.93. The zero-order valence-electron chi connectivity index (χ0n) is 24.8. The normalized spacial score (nSPS) is 12.3. The summed E-state index contributed by atoms with van der Waals surface area (Å²) >= 11 is 1.88. The number of nitrogens with zero attached hydrogens (tertiary/aromatic N) is 1. The molecular formula is C44H25NS. The minimum atomic E-state index is 1.20. The van der Waals surface area contributed by atoms with Gasteiger partial charge in [-0.1, -0.05) is 109 Å². The van der Waals surface area contributed by atoms with Crippen molar-refractivity contribution in [1.82, 2.24) is 4.57 Å². The maximum Gasteiger partial charge on any atom is 0.0547 e. The topological polar surface area (TPSA) is 4.93 Å². The molecule has 11 rings (SSSR count). The van der Waals surface area contributed by atoms with Crippen molar-refractivity contribution in [3.05, 3.63) is 152 Å². The monoisotopic (exact) mass is 599 g/mol. The van der Waals surface area contributed by atoms with Crippen LogP contribution in [0.15, 0.2) is 152 Å². The molecule has 2 heteroatoms. The Hall–Kier alpha value is -5.70. The largest absolute Gasteiger partial charge is 0.309 e. The number of rotatable bonds is 2. The number of hydrogen-bond acceptors (Lipinski definition) is 1. The molecule has 1 aliphatic rings. The Balaban J connectivity index is 1.14. The number of hydrogen-bond donors (Lipinski definition) is 0. The molecule has 0 radical (unpaired) electrons. The first-order valence-electron chi connectivity index (χ1n) is 15.9. The Bertz CT molecular complexity index is 2890. The van der Waals surface area contributed by atoms with Crippen molar-refractivity contribution in [2.75, 3.05) is 0 Å². The van der Waals surface area contributed by atoms with Gasteiger partial charge in [-0.05, 0) is 97.4 Å². The molecule has 8 aromatic carbocycles. The molecule has 1 nitrogen and oxygen atoms in total. The van der Waals surface area contributed by atoms with Gasteiger partial charge in [0.25, 0.3) is 0 Å². The van der Waals surface area contributed by atoms with Crippen LogP contribution in [-0.2, 0) is 0 Å². The molecular weight excluding hydrogens is 575 g/mol. The summed E-state index contributed by atoms with van der Waals surface area (Å²) in [7, 11) is 0. The van der Waals surface area contributed by atoms with Crippen molar-refractivity contribution in [2.45, 2.75) is 0 Å². The third kappa shape index (κ3) is 3.19. The Labute approximate surface area is 269 Å². The molecule has 0 saturated carbocycles. The molecule has 1 aliphatic carbocycles. The molecule has 0 amide bonds. The number of aromatic nitrogens is 1. The van der Waals surface area contributed by atoms with Gasteiger partial charge in [0, 0.05) is 36.6 Å². The smallest absolute Gasteiger partial charge is 0.0547 e. The van der Waals surface area contributed by atoms with Crippen LogP contribution in [0, 0.1) is 0 Å². The molecule has 2 heterocycles. The molecule has 212 valence electrons. The summed E-state index contributed by atoms with van der Waals surface area (Å²) in [4.78, 5) is 0. The van der Waals surface area contributed by atoms with Gasteiger partial charge in [-0.25, -0.2) is 0 Å². The van der Waals surface area contributed by atoms with Crippen molar-refractivity contribution in [3.8, 4) is 39.1 Å². The first-order chi connectivity index (χ1) is 22.8. The second kappa shape index (κ2) is 8.94. The van der Waals surface area contributed by atoms with Gasteiger partial charge in [-0.3, -0.25) is 0 Å². The van der Waals surface area contributed by atoms with Crippen molar-refractivity contribution < 1.29 is 0 Å². The highest BCUT2D eigenvalue weighted by Crippen LogP contribution is 2.49. The Morgan fingerprint density at radius 1 is 0.370 bits per heavy atom. The van der Waals surface area contributed by atoms with E-state index in [1.165, 1.54) is 103 Å². The minimum Gasteiger partial charge on any atom is -0.309 e. The highest BCUT2D eigenvalue weighted by molar-refractivity contribution is 7.25. The van der Waals surface area contributed by atoms with Gasteiger partial charge in [0.1, 0.15) is 0 Å². The van der Waals surface area contributed by atoms with E-state index in [0.29, 0.717) is 0 Å². The summed E-state index contributed by atoms with van der Waals surface area (Å²) in [6, 6.07) is 56.4. The van der Waals surface area contributed by atoms with Crippen LogP contribution < -0.4 is 0 Å². The van der Waals surface area contributed by atoms with E-state index in [-0.39, 0.29) is 0 Å². The van der Waals surface area contributed by atoms with Crippen LogP contribution >= 0.6 is 11.3 Å². The quantitative estimate of drug-likeness (QED) is 0.186. The molecule has 10 aromatic rings. The lowest BCUT2D eigenvalue weighted by Crippen LogP contribution is -1.93. The third-order valence-corrected chi connectivity index (χ3v) is 11.3. The summed E-state index contributed by atoms with van der Waals surface area (Å²) in [5, 5.41) is 10.5. The van der Waals surface area contributed by atoms with Crippen molar-refractivity contribution in [2.24, 2.45) is 0 Å². The molecule has 0 unspecified atom stereocenters. The average molecular weight is 600 g/mol. The Morgan fingerprint density at radius 2 is 1.04 bits per heavy atom. The van der Waals surface area contributed by atoms with E-state index in [2.05, 4.69) is 156 Å². The fourth-order valence-electron chi connectivity index (χ4n) is 8.15. The standard InChI is InChI=1S/C44H25NS/c1-2-9-30-26(8-1)16-21-40-44(30)36-12-5-6-15-39(36)45(40)28-18-23-42-38(25-28)37-24-27(17-22-41(37)46-42)29-19-20-35-32-11-4-3-10-31(32)34-14-7-13-33(29)43(34)35/h1-25H. The average Bonchev–Trinajstić information content (AvgIpc) is 3.77. The fourth-order valence-corrected chi connectivity index (χ4v) is 9.22. The van der Waals surface area contributed by atoms with Crippen LogP contribution in [-0.4, -0.2) is 4.57 Å². The zero-order chi connectivity index (χ0) is 29.9. The second-order valence-corrected chi connectivity index (χ2v) is 13.5. The van der Waals surface area contributed by atoms with E-state index in [0.717, 1.165) is 0 Å². The fraction of sp³-hybridized carbons (Fsp3) is 0. The Morgan fingerprint density at radius 3 is 1.93 bits per heavy atom. The molecule has 46 heavy (non-hydrogen) atoms. The van der Waals surface area contributed by atoms with E-state index in [1.807, 2.05) is 11.3 Å². The predicted molar refractivity (Wildman–Crippen MR) is 199 cm³/mol. The zero-order valence-corrected chi connectivity index (χ0v) is 25.6. The summed E-state index contributed by atoms with van der Waals surface area (Å²) < 4.78 is 5.09. The number of fused-ring (bicyclic) bond motifs is 11. The number of para-hydroxylation sites is 1. The van der Waals surface area contributed by atoms with Crippen molar-refractivity contribution in [3.63, 3.8) is 0 Å². The molecule has 0 aliphatic heterocycles. The van der Waals surface area contributed by atoms with Gasteiger partial charge < -0.3 is 4.57 Å². The van der Waals surface area contributed by atoms with Crippen molar-refractivity contribution >= 4 is 74.9 Å². The van der Waals surface area contributed by atoms with E-state index in [1.54, 1.807) is 0 Å². The summed E-state index contributed by atoms with van der Waals surface area (Å²) in [6.45, 7) is 0. The van der Waals surface area contributed by atoms with Gasteiger partial charge in [0.05, 0.1) is 11.0 Å². The number of thiophene rings is 1. The summed E-state index contributed by atoms with van der Waals surface area (Å²) in [5.74, 6) is 0. The van der Waals surface area contributed by atoms with Crippen LogP contribution in [0.4, 0.5) is 0 Å². The van der Waals surface area contributed by atoms with Crippen LogP contribution in [0.2, 0.25) is 0 Å². The summed E-state index contributed by atoms with van der Waals surface area (Å²) in [5.41, 5.74) is 11.6. The second-order valence-electron chi connectivity index (χ2n) is 12.5. The summed E-state index contributed by atoms with van der Waals surface area (Å²) in [6.07, 6.45) is 0. The highest BCUT2D eigenvalue weighted by atomic mass is 32.1. The third-order valence-electron chi connectivity index (χ3n) is 10.1. The predicted octanol–water partition coefficient (Wildman–Crippen LogP) is 12.8. The molecule has 0 spiro atoms. The van der Waals surface area contributed by atoms with Gasteiger partial charge in [-0.15, -0.1) is 11.3 Å². The van der Waals surface area contributed by atoms with Crippen LogP contribution in [0.5, 0.6) is 0 Å². The van der Waals surface area contributed by atoms with E-state index >= 15 is 0 Å². The van der Waals surface area contributed by atoms with Gasteiger partial charge in [0.15, 0.2) is 0 Å². The van der Waals surface area contributed by atoms with Crippen LogP contribution in [0.1, 0.15) is 0 Å². The lowest BCUT2D eigenvalue weighted by molar-refractivity contribution is 1.19. The molecule has 0 N–H and O–H groups in total. The highest BCUT2D eigenvalue weighted by Gasteiger charge is 2.22. The maximum atomic E-state index is 2.45. The first-order valence-corrected chi connectivity index (χ1v) is 16.7. The molecule has 0 atom stereocenters. The van der Waals surface area contributed by atoms with Crippen molar-refractivity contribution in [1.29, 1.82) is 0 Å². The molecule has 0 saturated heterocycles. The molecule has 0 fully saturated rings. The van der Waals surface area contributed by atoms with Gasteiger partial charge in [0.2, 0.25) is 0 Å². The van der Waals surface area contributed by atoms with Crippen LogP contribution in [0.25, 0.3) is 103 Å². The Kier molecular flexibility index (Phi) is 4.78. The van der Waals surface area contributed by atoms with E-state index in [4.69, 9.17) is 0 Å². The molecule has 0 bridgehead atoms. The SMILES string of the molecule is c1ccc2c(c1)-c1cccc3c(-c4ccc5sc6ccc(-n7c8ccccc8c8c9ccccc9ccc87)cc6c5c4)ccc-2c13. The van der Waals surface area contributed by atoms with Gasteiger partial charge in [-0.2, -0.15) is 0 Å². The van der Waals surface area contributed by atoms with E-state index in [9.17, 15) is 0 Å². The van der Waals surface area contributed by atoms with Gasteiger partial charge >= 0.3 is 0 Å². The molecule has 2 aromatic heterocycles. The van der Waals surface area contributed by atoms with E-state index < -0.39 is 0 Å². The first kappa shape index (κ1) is 24.6. The van der Waals surface area contributed by atoms with Crippen LogP contribution in [0.3, 0.4) is 0 Å². The number of benzene rings is 8.